The Kier molecular flexibility index (Phi) is 4.74. The van der Waals surface area contributed by atoms with Crippen molar-refractivity contribution in [3.05, 3.63) is 0 Å². The minimum Gasteiger partial charge on any atom is -0.396 e. The van der Waals surface area contributed by atoms with E-state index in [2.05, 4.69) is 4.90 Å². The fourth-order valence-electron chi connectivity index (χ4n) is 2.33. The van der Waals surface area contributed by atoms with E-state index in [0.717, 1.165) is 32.3 Å². The highest BCUT2D eigenvalue weighted by atomic mass is 16.3. The Morgan fingerprint density at radius 1 is 1.53 bits per heavy atom. The van der Waals surface area contributed by atoms with Crippen LogP contribution in [0.2, 0.25) is 0 Å². The van der Waals surface area contributed by atoms with Gasteiger partial charge in [-0.25, -0.2) is 0 Å². The first-order valence-corrected chi connectivity index (χ1v) is 5.87. The number of piperidine rings is 1. The summed E-state index contributed by atoms with van der Waals surface area (Å²) >= 11 is 0. The fraction of sp³-hybridized carbons (Fsp3) is 0.917. The minimum absolute atomic E-state index is 0.235. The Morgan fingerprint density at radius 3 is 2.87 bits per heavy atom. The largest absolute Gasteiger partial charge is 0.396 e. The maximum absolute atomic E-state index is 10.8. The molecule has 1 unspecified atom stereocenters. The van der Waals surface area contributed by atoms with Gasteiger partial charge >= 0.3 is 0 Å². The lowest BCUT2D eigenvalue weighted by atomic mass is 9.90. The number of hydrogen-bond donors (Lipinski definition) is 1. The van der Waals surface area contributed by atoms with E-state index in [1.807, 2.05) is 13.8 Å². The van der Waals surface area contributed by atoms with Crippen LogP contribution in [0.3, 0.4) is 0 Å². The summed E-state index contributed by atoms with van der Waals surface area (Å²) in [7, 11) is 0. The van der Waals surface area contributed by atoms with Gasteiger partial charge in [-0.05, 0) is 31.7 Å². The van der Waals surface area contributed by atoms with E-state index in [9.17, 15) is 4.79 Å². The third-order valence-corrected chi connectivity index (χ3v) is 3.09. The van der Waals surface area contributed by atoms with Crippen molar-refractivity contribution in [2.24, 2.45) is 11.3 Å². The van der Waals surface area contributed by atoms with Crippen LogP contribution in [-0.4, -0.2) is 42.5 Å². The van der Waals surface area contributed by atoms with Crippen LogP contribution in [0, 0.1) is 11.3 Å². The number of aldehydes is 1. The molecule has 0 aromatic rings. The van der Waals surface area contributed by atoms with E-state index in [-0.39, 0.29) is 12.0 Å². The molecule has 0 radical (unpaired) electrons. The molecular weight excluding hydrogens is 190 g/mol. The van der Waals surface area contributed by atoms with Crippen molar-refractivity contribution in [1.29, 1.82) is 0 Å². The van der Waals surface area contributed by atoms with Gasteiger partial charge in [-0.1, -0.05) is 13.8 Å². The second-order valence-corrected chi connectivity index (χ2v) is 5.36. The first-order valence-electron chi connectivity index (χ1n) is 5.87. The summed E-state index contributed by atoms with van der Waals surface area (Å²) in [5.41, 5.74) is -0.235. The molecule has 3 nitrogen and oxygen atoms in total. The Balaban J connectivity index is 2.39. The summed E-state index contributed by atoms with van der Waals surface area (Å²) in [4.78, 5) is 13.2. The van der Waals surface area contributed by atoms with Crippen molar-refractivity contribution in [1.82, 2.24) is 4.90 Å². The summed E-state index contributed by atoms with van der Waals surface area (Å²) in [6.07, 6.45) is 4.36. The van der Waals surface area contributed by atoms with E-state index in [1.165, 1.54) is 12.8 Å². The molecule has 0 amide bonds. The molecule has 1 aliphatic heterocycles. The van der Waals surface area contributed by atoms with Crippen molar-refractivity contribution in [3.8, 4) is 0 Å². The Bertz CT molecular complexity index is 202. The molecule has 0 aromatic carbocycles. The standard InChI is InChI=1S/C12H23NO2/c1-12(2,10-15)9-13-6-3-4-11(8-13)5-7-14/h10-11,14H,3-9H2,1-2H3. The van der Waals surface area contributed by atoms with E-state index in [1.54, 1.807) is 0 Å². The third-order valence-electron chi connectivity index (χ3n) is 3.09. The Hall–Kier alpha value is -0.410. The average Bonchev–Trinajstić information content (AvgIpc) is 2.18. The maximum Gasteiger partial charge on any atom is 0.126 e. The van der Waals surface area contributed by atoms with Gasteiger partial charge < -0.3 is 14.8 Å². The zero-order valence-electron chi connectivity index (χ0n) is 9.91. The highest BCUT2D eigenvalue weighted by molar-refractivity contribution is 5.58. The molecule has 0 spiro atoms. The van der Waals surface area contributed by atoms with Crippen LogP contribution in [-0.2, 0) is 4.79 Å². The summed E-state index contributed by atoms with van der Waals surface area (Å²) in [6.45, 7) is 7.23. The molecule has 1 aliphatic rings. The lowest BCUT2D eigenvalue weighted by Gasteiger charge is -2.35. The second kappa shape index (κ2) is 5.61. The smallest absolute Gasteiger partial charge is 0.126 e. The second-order valence-electron chi connectivity index (χ2n) is 5.36. The Morgan fingerprint density at radius 2 is 2.27 bits per heavy atom. The van der Waals surface area contributed by atoms with Crippen molar-refractivity contribution in [3.63, 3.8) is 0 Å². The fourth-order valence-corrected chi connectivity index (χ4v) is 2.33. The Labute approximate surface area is 92.5 Å². The summed E-state index contributed by atoms with van der Waals surface area (Å²) in [5.74, 6) is 0.617. The number of carbonyl (C=O) groups excluding carboxylic acids is 1. The number of aliphatic hydroxyl groups excluding tert-OH is 1. The molecule has 1 saturated heterocycles. The zero-order chi connectivity index (χ0) is 11.3. The van der Waals surface area contributed by atoms with Gasteiger partial charge in [-0.2, -0.15) is 0 Å². The van der Waals surface area contributed by atoms with Gasteiger partial charge in [-0.15, -0.1) is 0 Å². The number of carbonyl (C=O) groups is 1. The van der Waals surface area contributed by atoms with Gasteiger partial charge in [0, 0.05) is 25.1 Å². The lowest BCUT2D eigenvalue weighted by Crippen LogP contribution is -2.41. The van der Waals surface area contributed by atoms with Crippen molar-refractivity contribution in [2.75, 3.05) is 26.2 Å². The number of aliphatic hydroxyl groups is 1. The van der Waals surface area contributed by atoms with Crippen LogP contribution in [0.4, 0.5) is 0 Å². The number of nitrogens with zero attached hydrogens (tertiary/aromatic N) is 1. The summed E-state index contributed by atoms with van der Waals surface area (Å²) < 4.78 is 0. The van der Waals surface area contributed by atoms with Gasteiger partial charge in [0.2, 0.25) is 0 Å². The maximum atomic E-state index is 10.8. The van der Waals surface area contributed by atoms with Crippen molar-refractivity contribution >= 4 is 6.29 Å². The van der Waals surface area contributed by atoms with Gasteiger partial charge in [0.1, 0.15) is 6.29 Å². The molecule has 0 aromatic heterocycles. The van der Waals surface area contributed by atoms with E-state index < -0.39 is 0 Å². The monoisotopic (exact) mass is 213 g/mol. The van der Waals surface area contributed by atoms with Crippen LogP contribution >= 0.6 is 0 Å². The molecule has 1 atom stereocenters. The van der Waals surface area contributed by atoms with Crippen LogP contribution in [0.5, 0.6) is 0 Å². The molecule has 0 bridgehead atoms. The van der Waals surface area contributed by atoms with Gasteiger partial charge in [0.25, 0.3) is 0 Å². The molecule has 88 valence electrons. The minimum atomic E-state index is -0.235. The molecule has 1 fully saturated rings. The van der Waals surface area contributed by atoms with Gasteiger partial charge in [-0.3, -0.25) is 0 Å². The van der Waals surface area contributed by atoms with Crippen LogP contribution in [0.15, 0.2) is 0 Å². The highest BCUT2D eigenvalue weighted by Gasteiger charge is 2.25. The quantitative estimate of drug-likeness (QED) is 0.700. The van der Waals surface area contributed by atoms with Crippen molar-refractivity contribution < 1.29 is 9.90 Å². The first kappa shape index (κ1) is 12.7. The number of hydrogen-bond acceptors (Lipinski definition) is 3. The number of likely N-dealkylation sites (tertiary alicyclic amines) is 1. The van der Waals surface area contributed by atoms with E-state index in [0.29, 0.717) is 5.92 Å². The van der Waals surface area contributed by atoms with Gasteiger partial charge in [0.05, 0.1) is 0 Å². The molecule has 0 aliphatic carbocycles. The molecule has 1 heterocycles. The zero-order valence-corrected chi connectivity index (χ0v) is 9.91. The number of rotatable bonds is 5. The summed E-state index contributed by atoms with van der Waals surface area (Å²) in [5, 5.41) is 8.91. The molecule has 0 saturated carbocycles. The molecule has 15 heavy (non-hydrogen) atoms. The van der Waals surface area contributed by atoms with E-state index in [4.69, 9.17) is 5.11 Å². The van der Waals surface area contributed by atoms with E-state index >= 15 is 0 Å². The first-order chi connectivity index (χ1) is 7.07. The molecular formula is C12H23NO2. The average molecular weight is 213 g/mol. The topological polar surface area (TPSA) is 40.5 Å². The van der Waals surface area contributed by atoms with Crippen LogP contribution in [0.25, 0.3) is 0 Å². The molecule has 1 N–H and O–H groups in total. The lowest BCUT2D eigenvalue weighted by molar-refractivity contribution is -0.115. The summed E-state index contributed by atoms with van der Waals surface area (Å²) in [6, 6.07) is 0. The predicted octanol–water partition coefficient (Wildman–Crippen LogP) is 1.31. The predicted molar refractivity (Wildman–Crippen MR) is 60.7 cm³/mol. The third kappa shape index (κ3) is 4.31. The SMILES string of the molecule is CC(C)(C=O)CN1CCCC(CCO)C1. The normalized spacial score (nSPS) is 24.1. The van der Waals surface area contributed by atoms with Crippen molar-refractivity contribution in [2.45, 2.75) is 33.1 Å². The highest BCUT2D eigenvalue weighted by Crippen LogP contribution is 2.22. The molecule has 3 heteroatoms. The molecule has 1 rings (SSSR count). The van der Waals surface area contributed by atoms with Crippen LogP contribution < -0.4 is 0 Å². The van der Waals surface area contributed by atoms with Gasteiger partial charge in [0.15, 0.2) is 0 Å². The van der Waals surface area contributed by atoms with Crippen LogP contribution in [0.1, 0.15) is 33.1 Å².